The van der Waals surface area contributed by atoms with Gasteiger partial charge in [-0.05, 0) is 26.0 Å². The molecule has 3 rings (SSSR count). The highest BCUT2D eigenvalue weighted by Gasteiger charge is 2.28. The smallest absolute Gasteiger partial charge is 0.339 e. The lowest BCUT2D eigenvalue weighted by Crippen LogP contribution is -2.48. The predicted molar refractivity (Wildman–Crippen MR) is 80.9 cm³/mol. The van der Waals surface area contributed by atoms with Crippen molar-refractivity contribution in [2.24, 2.45) is 0 Å². The third kappa shape index (κ3) is 2.56. The second-order valence-electron chi connectivity index (χ2n) is 5.50. The van der Waals surface area contributed by atoms with E-state index < -0.39 is 5.97 Å². The Bertz CT molecular complexity index is 686. The van der Waals surface area contributed by atoms with Crippen LogP contribution in [0.4, 0.5) is 5.82 Å². The van der Waals surface area contributed by atoms with E-state index in [1.807, 2.05) is 43.0 Å². The standard InChI is InChI=1S/C16H18N2O3/c1-10-9-21-11(2)8-18(10)15-13(16(19)20)7-12-5-3-4-6-14(12)17-15/h3-7,10-11H,8-9H2,1-2H3,(H,19,20). The van der Waals surface area contributed by atoms with Gasteiger partial charge in [-0.2, -0.15) is 0 Å². The Balaban J connectivity index is 2.15. The summed E-state index contributed by atoms with van der Waals surface area (Å²) in [6.45, 7) is 5.23. The Hall–Kier alpha value is -2.14. The van der Waals surface area contributed by atoms with Crippen molar-refractivity contribution in [3.8, 4) is 0 Å². The molecule has 2 atom stereocenters. The van der Waals surface area contributed by atoms with Crippen LogP contribution in [0.25, 0.3) is 10.9 Å². The Labute approximate surface area is 123 Å². The lowest BCUT2D eigenvalue weighted by atomic mass is 10.1. The van der Waals surface area contributed by atoms with E-state index in [1.165, 1.54) is 0 Å². The van der Waals surface area contributed by atoms with Crippen LogP contribution in [-0.4, -0.2) is 41.4 Å². The molecular formula is C16H18N2O3. The summed E-state index contributed by atoms with van der Waals surface area (Å²) in [6, 6.07) is 9.38. The molecule has 1 saturated heterocycles. The first-order chi connectivity index (χ1) is 10.1. The van der Waals surface area contributed by atoms with Crippen molar-refractivity contribution in [3.05, 3.63) is 35.9 Å². The Kier molecular flexibility index (Phi) is 3.51. The van der Waals surface area contributed by atoms with Gasteiger partial charge < -0.3 is 14.7 Å². The van der Waals surface area contributed by atoms with E-state index >= 15 is 0 Å². The SMILES string of the molecule is CC1CN(c2nc3ccccc3cc2C(=O)O)C(C)CO1. The van der Waals surface area contributed by atoms with Gasteiger partial charge in [0.25, 0.3) is 0 Å². The first-order valence-electron chi connectivity index (χ1n) is 7.07. The quantitative estimate of drug-likeness (QED) is 0.919. The number of ether oxygens (including phenoxy) is 1. The van der Waals surface area contributed by atoms with Crippen molar-refractivity contribution >= 4 is 22.7 Å². The minimum atomic E-state index is -0.949. The second kappa shape index (κ2) is 5.33. The third-order valence-electron chi connectivity index (χ3n) is 3.81. The number of nitrogens with zero attached hydrogens (tertiary/aromatic N) is 2. The minimum absolute atomic E-state index is 0.0658. The van der Waals surface area contributed by atoms with Gasteiger partial charge in [-0.1, -0.05) is 18.2 Å². The molecule has 21 heavy (non-hydrogen) atoms. The number of hydrogen-bond donors (Lipinski definition) is 1. The average Bonchev–Trinajstić information content (AvgIpc) is 2.48. The van der Waals surface area contributed by atoms with Gasteiger partial charge in [0, 0.05) is 11.9 Å². The van der Waals surface area contributed by atoms with Gasteiger partial charge >= 0.3 is 5.97 Å². The monoisotopic (exact) mass is 286 g/mol. The van der Waals surface area contributed by atoms with Crippen LogP contribution in [0.1, 0.15) is 24.2 Å². The summed E-state index contributed by atoms with van der Waals surface area (Å²) in [6.07, 6.45) is 0.0658. The summed E-state index contributed by atoms with van der Waals surface area (Å²) in [4.78, 5) is 18.2. The van der Waals surface area contributed by atoms with Crippen LogP contribution >= 0.6 is 0 Å². The molecule has 1 aromatic carbocycles. The van der Waals surface area contributed by atoms with E-state index in [-0.39, 0.29) is 17.7 Å². The number of anilines is 1. The first-order valence-corrected chi connectivity index (χ1v) is 7.07. The molecule has 0 spiro atoms. The van der Waals surface area contributed by atoms with Gasteiger partial charge in [0.1, 0.15) is 11.4 Å². The molecule has 2 aromatic rings. The molecule has 0 radical (unpaired) electrons. The molecule has 1 aliphatic rings. The molecule has 1 fully saturated rings. The van der Waals surface area contributed by atoms with E-state index in [2.05, 4.69) is 4.98 Å². The zero-order chi connectivity index (χ0) is 15.0. The fraction of sp³-hybridized carbons (Fsp3) is 0.375. The molecule has 1 N–H and O–H groups in total. The van der Waals surface area contributed by atoms with Crippen LogP contribution in [0.5, 0.6) is 0 Å². The van der Waals surface area contributed by atoms with E-state index in [1.54, 1.807) is 6.07 Å². The molecule has 0 saturated carbocycles. The van der Waals surface area contributed by atoms with Crippen LogP contribution in [0, 0.1) is 0 Å². The molecular weight excluding hydrogens is 268 g/mol. The first kappa shape index (κ1) is 13.8. The molecule has 0 aliphatic carbocycles. The van der Waals surface area contributed by atoms with Gasteiger partial charge in [-0.3, -0.25) is 0 Å². The maximum Gasteiger partial charge on any atom is 0.339 e. The van der Waals surface area contributed by atoms with Crippen molar-refractivity contribution in [2.45, 2.75) is 26.0 Å². The zero-order valence-electron chi connectivity index (χ0n) is 12.1. The summed E-state index contributed by atoms with van der Waals surface area (Å²) in [5.74, 6) is -0.418. The number of carboxylic acid groups (broad SMARTS) is 1. The maximum absolute atomic E-state index is 11.6. The topological polar surface area (TPSA) is 62.7 Å². The number of carboxylic acids is 1. The number of benzene rings is 1. The number of pyridine rings is 1. The summed E-state index contributed by atoms with van der Waals surface area (Å²) in [7, 11) is 0. The number of para-hydroxylation sites is 1. The Morgan fingerprint density at radius 2 is 2.14 bits per heavy atom. The van der Waals surface area contributed by atoms with E-state index in [0.717, 1.165) is 10.9 Å². The van der Waals surface area contributed by atoms with Crippen LogP contribution in [-0.2, 0) is 4.74 Å². The van der Waals surface area contributed by atoms with Gasteiger partial charge in [-0.15, -0.1) is 0 Å². The number of fused-ring (bicyclic) bond motifs is 1. The van der Waals surface area contributed by atoms with Crippen molar-refractivity contribution in [1.29, 1.82) is 0 Å². The zero-order valence-corrected chi connectivity index (χ0v) is 12.1. The minimum Gasteiger partial charge on any atom is -0.478 e. The Morgan fingerprint density at radius 3 is 2.90 bits per heavy atom. The highest BCUT2D eigenvalue weighted by molar-refractivity contribution is 5.98. The number of hydrogen-bond acceptors (Lipinski definition) is 4. The fourth-order valence-electron chi connectivity index (χ4n) is 2.68. The largest absolute Gasteiger partial charge is 0.478 e. The number of carbonyl (C=O) groups is 1. The maximum atomic E-state index is 11.6. The predicted octanol–water partition coefficient (Wildman–Crippen LogP) is 2.55. The molecule has 0 amide bonds. The van der Waals surface area contributed by atoms with Gasteiger partial charge in [0.15, 0.2) is 0 Å². The third-order valence-corrected chi connectivity index (χ3v) is 3.81. The number of aromatic nitrogens is 1. The molecule has 0 bridgehead atoms. The van der Waals surface area contributed by atoms with Crippen molar-refractivity contribution in [2.75, 3.05) is 18.1 Å². The highest BCUT2D eigenvalue weighted by Crippen LogP contribution is 2.27. The molecule has 5 heteroatoms. The van der Waals surface area contributed by atoms with Crippen LogP contribution < -0.4 is 4.90 Å². The van der Waals surface area contributed by atoms with E-state index in [9.17, 15) is 9.90 Å². The van der Waals surface area contributed by atoms with Crippen molar-refractivity contribution in [3.63, 3.8) is 0 Å². The van der Waals surface area contributed by atoms with Gasteiger partial charge in [0.05, 0.1) is 24.3 Å². The van der Waals surface area contributed by atoms with E-state index in [4.69, 9.17) is 4.74 Å². The lowest BCUT2D eigenvalue weighted by Gasteiger charge is -2.38. The second-order valence-corrected chi connectivity index (χ2v) is 5.50. The van der Waals surface area contributed by atoms with Crippen molar-refractivity contribution < 1.29 is 14.6 Å². The van der Waals surface area contributed by atoms with Crippen LogP contribution in [0.15, 0.2) is 30.3 Å². The fourth-order valence-corrected chi connectivity index (χ4v) is 2.68. The summed E-state index contributed by atoms with van der Waals surface area (Å²) >= 11 is 0. The summed E-state index contributed by atoms with van der Waals surface area (Å²) in [5, 5.41) is 10.4. The van der Waals surface area contributed by atoms with E-state index in [0.29, 0.717) is 19.0 Å². The average molecular weight is 286 g/mol. The number of rotatable bonds is 2. The van der Waals surface area contributed by atoms with Crippen LogP contribution in [0.2, 0.25) is 0 Å². The number of morpholine rings is 1. The molecule has 1 aliphatic heterocycles. The van der Waals surface area contributed by atoms with Crippen LogP contribution in [0.3, 0.4) is 0 Å². The normalized spacial score (nSPS) is 22.5. The van der Waals surface area contributed by atoms with Crippen molar-refractivity contribution in [1.82, 2.24) is 4.98 Å². The molecule has 1 aromatic heterocycles. The summed E-state index contributed by atoms with van der Waals surface area (Å²) in [5.41, 5.74) is 1.05. The molecule has 110 valence electrons. The van der Waals surface area contributed by atoms with Gasteiger partial charge in [-0.25, -0.2) is 9.78 Å². The molecule has 5 nitrogen and oxygen atoms in total. The summed E-state index contributed by atoms with van der Waals surface area (Å²) < 4.78 is 5.61. The Morgan fingerprint density at radius 1 is 1.38 bits per heavy atom. The lowest BCUT2D eigenvalue weighted by molar-refractivity contribution is 0.0338. The van der Waals surface area contributed by atoms with Gasteiger partial charge in [0.2, 0.25) is 0 Å². The molecule has 2 unspecified atom stereocenters. The number of aromatic carboxylic acids is 1. The highest BCUT2D eigenvalue weighted by atomic mass is 16.5. The molecule has 2 heterocycles.